The van der Waals surface area contributed by atoms with Crippen molar-refractivity contribution >= 4 is 26.0 Å². The van der Waals surface area contributed by atoms with Crippen molar-refractivity contribution in [1.82, 2.24) is 4.31 Å². The fourth-order valence-electron chi connectivity index (χ4n) is 2.71. The van der Waals surface area contributed by atoms with Crippen molar-refractivity contribution in [2.75, 3.05) is 13.1 Å². The monoisotopic (exact) mass is 374 g/mol. The molecule has 1 aliphatic heterocycles. The Bertz CT molecular complexity index is 594. The first-order valence-corrected chi connectivity index (χ1v) is 9.69. The quantitative estimate of drug-likeness (QED) is 0.883. The van der Waals surface area contributed by atoms with Crippen LogP contribution in [0.1, 0.15) is 43.2 Å². The third-order valence-electron chi connectivity index (χ3n) is 3.95. The van der Waals surface area contributed by atoms with Gasteiger partial charge in [-0.2, -0.15) is 4.31 Å². The van der Waals surface area contributed by atoms with Crippen LogP contribution in [0.5, 0.6) is 0 Å². The normalized spacial score (nSPS) is 18.2. The van der Waals surface area contributed by atoms with Crippen LogP contribution in [0.15, 0.2) is 21.5 Å². The van der Waals surface area contributed by atoms with Crippen LogP contribution in [-0.2, 0) is 16.6 Å². The minimum atomic E-state index is -3.46. The van der Waals surface area contributed by atoms with E-state index in [2.05, 4.69) is 15.9 Å². The van der Waals surface area contributed by atoms with Gasteiger partial charge in [-0.05, 0) is 52.9 Å². The maximum Gasteiger partial charge on any atom is 0.244 e. The molecule has 0 amide bonds. The number of hydrogen-bond acceptors (Lipinski definition) is 3. The predicted molar refractivity (Wildman–Crippen MR) is 88.6 cm³/mol. The average Bonchev–Trinajstić information content (AvgIpc) is 2.40. The number of nitrogens with zero attached hydrogens (tertiary/aromatic N) is 1. The Kier molecular flexibility index (Phi) is 5.82. The predicted octanol–water partition coefficient (Wildman–Crippen LogP) is 3.17. The Balaban J connectivity index is 2.40. The van der Waals surface area contributed by atoms with Crippen LogP contribution in [0.4, 0.5) is 0 Å². The molecule has 0 radical (unpaired) electrons. The Morgan fingerprint density at radius 1 is 1.14 bits per heavy atom. The van der Waals surface area contributed by atoms with Gasteiger partial charge in [0.05, 0.1) is 4.90 Å². The molecule has 1 saturated heterocycles. The van der Waals surface area contributed by atoms with Gasteiger partial charge in [0, 0.05) is 24.1 Å². The van der Waals surface area contributed by atoms with E-state index in [0.717, 1.165) is 36.8 Å². The topological polar surface area (TPSA) is 63.4 Å². The van der Waals surface area contributed by atoms with Gasteiger partial charge in [0.1, 0.15) is 0 Å². The second kappa shape index (κ2) is 7.22. The number of sulfonamides is 1. The zero-order valence-corrected chi connectivity index (χ0v) is 14.8. The standard InChI is InChI=1S/C15H23BrN2O2S/c1-12-9-13(11-17)10-14(15(12)16)21(19,20)18-7-5-3-2-4-6-8-18/h9-10H,2-8,11,17H2,1H3. The van der Waals surface area contributed by atoms with Crippen LogP contribution < -0.4 is 5.73 Å². The Labute approximate surface area is 135 Å². The summed E-state index contributed by atoms with van der Waals surface area (Å²) in [7, 11) is -3.46. The minimum Gasteiger partial charge on any atom is -0.326 e. The molecule has 1 fully saturated rings. The summed E-state index contributed by atoms with van der Waals surface area (Å²) >= 11 is 3.43. The fraction of sp³-hybridized carbons (Fsp3) is 0.600. The lowest BCUT2D eigenvalue weighted by Gasteiger charge is -2.25. The number of aryl methyl sites for hydroxylation is 1. The lowest BCUT2D eigenvalue weighted by Crippen LogP contribution is -2.34. The van der Waals surface area contributed by atoms with E-state index in [-0.39, 0.29) is 0 Å². The van der Waals surface area contributed by atoms with Crippen molar-refractivity contribution in [1.29, 1.82) is 0 Å². The highest BCUT2D eigenvalue weighted by Gasteiger charge is 2.27. The lowest BCUT2D eigenvalue weighted by atomic mass is 10.1. The van der Waals surface area contributed by atoms with Gasteiger partial charge in [0.25, 0.3) is 0 Å². The zero-order valence-electron chi connectivity index (χ0n) is 12.4. The Morgan fingerprint density at radius 3 is 2.29 bits per heavy atom. The molecular weight excluding hydrogens is 352 g/mol. The number of benzene rings is 1. The van der Waals surface area contributed by atoms with Crippen molar-refractivity contribution in [3.63, 3.8) is 0 Å². The van der Waals surface area contributed by atoms with Gasteiger partial charge >= 0.3 is 0 Å². The van der Waals surface area contributed by atoms with Gasteiger partial charge < -0.3 is 5.73 Å². The summed E-state index contributed by atoms with van der Waals surface area (Å²) in [4.78, 5) is 0.350. The first-order chi connectivity index (χ1) is 9.96. The molecule has 2 rings (SSSR count). The van der Waals surface area contributed by atoms with Crippen LogP contribution in [0.25, 0.3) is 0 Å². The number of nitrogens with two attached hydrogens (primary N) is 1. The molecule has 0 spiro atoms. The van der Waals surface area contributed by atoms with Crippen molar-refractivity contribution in [3.8, 4) is 0 Å². The van der Waals surface area contributed by atoms with Crippen LogP contribution in [0, 0.1) is 6.92 Å². The van der Waals surface area contributed by atoms with E-state index in [1.807, 2.05) is 13.0 Å². The van der Waals surface area contributed by atoms with Gasteiger partial charge in [-0.1, -0.05) is 25.3 Å². The summed E-state index contributed by atoms with van der Waals surface area (Å²) < 4.78 is 28.2. The molecule has 2 N–H and O–H groups in total. The summed E-state index contributed by atoms with van der Waals surface area (Å²) in [6.07, 6.45) is 5.29. The molecule has 4 nitrogen and oxygen atoms in total. The first-order valence-electron chi connectivity index (χ1n) is 7.46. The van der Waals surface area contributed by atoms with Crippen molar-refractivity contribution in [2.24, 2.45) is 5.73 Å². The number of halogens is 1. The van der Waals surface area contributed by atoms with Gasteiger partial charge in [0.2, 0.25) is 10.0 Å². The van der Waals surface area contributed by atoms with E-state index >= 15 is 0 Å². The highest BCUT2D eigenvalue weighted by Crippen LogP contribution is 2.30. The van der Waals surface area contributed by atoms with E-state index in [1.165, 1.54) is 6.42 Å². The lowest BCUT2D eigenvalue weighted by molar-refractivity contribution is 0.364. The molecule has 1 aromatic rings. The molecular formula is C15H23BrN2O2S. The van der Waals surface area contributed by atoms with E-state index in [0.29, 0.717) is 29.0 Å². The Hall–Kier alpha value is -0.430. The van der Waals surface area contributed by atoms with Crippen LogP contribution in [0.3, 0.4) is 0 Å². The maximum atomic E-state index is 12.9. The smallest absolute Gasteiger partial charge is 0.244 e. The SMILES string of the molecule is Cc1cc(CN)cc(S(=O)(=O)N2CCCCCCC2)c1Br. The summed E-state index contributed by atoms with van der Waals surface area (Å²) in [5.74, 6) is 0. The van der Waals surface area contributed by atoms with Gasteiger partial charge in [-0.15, -0.1) is 0 Å². The summed E-state index contributed by atoms with van der Waals surface area (Å²) in [5.41, 5.74) is 7.44. The van der Waals surface area contributed by atoms with E-state index in [1.54, 1.807) is 10.4 Å². The summed E-state index contributed by atoms with van der Waals surface area (Å²) in [5, 5.41) is 0. The summed E-state index contributed by atoms with van der Waals surface area (Å²) in [6, 6.07) is 3.63. The second-order valence-electron chi connectivity index (χ2n) is 5.60. The highest BCUT2D eigenvalue weighted by atomic mass is 79.9. The van der Waals surface area contributed by atoms with Crippen LogP contribution in [0.2, 0.25) is 0 Å². The van der Waals surface area contributed by atoms with Gasteiger partial charge in [0.15, 0.2) is 0 Å². The molecule has 0 bridgehead atoms. The molecule has 0 unspecified atom stereocenters. The van der Waals surface area contributed by atoms with E-state index < -0.39 is 10.0 Å². The molecule has 0 saturated carbocycles. The molecule has 6 heteroatoms. The van der Waals surface area contributed by atoms with Crippen LogP contribution >= 0.6 is 15.9 Å². The number of hydrogen-bond donors (Lipinski definition) is 1. The average molecular weight is 375 g/mol. The third kappa shape index (κ3) is 3.86. The minimum absolute atomic E-state index is 0.344. The van der Waals surface area contributed by atoms with Crippen molar-refractivity contribution in [2.45, 2.75) is 50.5 Å². The molecule has 1 aliphatic rings. The van der Waals surface area contributed by atoms with Crippen molar-refractivity contribution in [3.05, 3.63) is 27.7 Å². The highest BCUT2D eigenvalue weighted by molar-refractivity contribution is 9.10. The second-order valence-corrected chi connectivity index (χ2v) is 8.30. The largest absolute Gasteiger partial charge is 0.326 e. The number of rotatable bonds is 3. The van der Waals surface area contributed by atoms with Gasteiger partial charge in [-0.25, -0.2) is 8.42 Å². The third-order valence-corrected chi connectivity index (χ3v) is 7.19. The van der Waals surface area contributed by atoms with Gasteiger partial charge in [-0.3, -0.25) is 0 Å². The van der Waals surface area contributed by atoms with Crippen molar-refractivity contribution < 1.29 is 8.42 Å². The molecule has 118 valence electrons. The molecule has 0 aromatic heterocycles. The molecule has 21 heavy (non-hydrogen) atoms. The molecule has 0 aliphatic carbocycles. The fourth-order valence-corrected chi connectivity index (χ4v) is 5.26. The summed E-state index contributed by atoms with van der Waals surface area (Å²) in [6.45, 7) is 3.47. The zero-order chi connectivity index (χ0) is 15.5. The molecule has 1 aromatic carbocycles. The first kappa shape index (κ1) is 16.9. The van der Waals surface area contributed by atoms with Crippen LogP contribution in [-0.4, -0.2) is 25.8 Å². The molecule has 1 heterocycles. The maximum absolute atomic E-state index is 12.9. The van der Waals surface area contributed by atoms with E-state index in [9.17, 15) is 8.42 Å². The van der Waals surface area contributed by atoms with E-state index in [4.69, 9.17) is 5.73 Å². The Morgan fingerprint density at radius 2 is 1.71 bits per heavy atom. The molecule has 0 atom stereocenters.